The van der Waals surface area contributed by atoms with E-state index in [-0.39, 0.29) is 23.1 Å². The Kier molecular flexibility index (Phi) is 7.17. The van der Waals surface area contributed by atoms with E-state index in [4.69, 9.17) is 5.11 Å². The van der Waals surface area contributed by atoms with Gasteiger partial charge in [0.25, 0.3) is 0 Å². The summed E-state index contributed by atoms with van der Waals surface area (Å²) in [5.41, 5.74) is 0.914. The van der Waals surface area contributed by atoms with E-state index in [1.807, 2.05) is 0 Å². The number of aliphatic hydroxyl groups is 1. The number of halogens is 2. The van der Waals surface area contributed by atoms with Gasteiger partial charge >= 0.3 is 11.9 Å². The zero-order chi connectivity index (χ0) is 22.4. The number of carbonyl (C=O) groups excluding carboxylic acids is 1. The van der Waals surface area contributed by atoms with Crippen LogP contribution in [0.15, 0.2) is 66.7 Å². The highest BCUT2D eigenvalue weighted by atomic mass is 19.3. The van der Waals surface area contributed by atoms with Crippen LogP contribution in [0, 0.1) is 0 Å². The van der Waals surface area contributed by atoms with Crippen molar-refractivity contribution < 1.29 is 28.6 Å². The van der Waals surface area contributed by atoms with Crippen molar-refractivity contribution >= 4 is 11.9 Å². The molecule has 0 spiro atoms. The van der Waals surface area contributed by atoms with Gasteiger partial charge in [-0.1, -0.05) is 54.6 Å². The van der Waals surface area contributed by atoms with E-state index < -0.39 is 18.0 Å². The number of aliphatic hydroxyl groups excluding tert-OH is 1. The SMILES string of the molecule is O=C(O)c1ccc(CCCN2C(=O)CC[C@@H]2/C=C/C(O)C(F)(F)c2ccccc2)cc1. The van der Waals surface area contributed by atoms with Crippen molar-refractivity contribution in [3.05, 3.63) is 83.4 Å². The van der Waals surface area contributed by atoms with Crippen molar-refractivity contribution in [3.8, 4) is 0 Å². The summed E-state index contributed by atoms with van der Waals surface area (Å²) in [4.78, 5) is 24.8. The molecule has 7 heteroatoms. The van der Waals surface area contributed by atoms with Gasteiger partial charge in [0.15, 0.2) is 0 Å². The Labute approximate surface area is 179 Å². The molecule has 0 bridgehead atoms. The number of hydrogen-bond acceptors (Lipinski definition) is 3. The van der Waals surface area contributed by atoms with E-state index in [0.717, 1.165) is 11.6 Å². The van der Waals surface area contributed by atoms with Crippen LogP contribution in [0.1, 0.15) is 40.7 Å². The second-order valence-corrected chi connectivity index (χ2v) is 7.62. The van der Waals surface area contributed by atoms with Crippen LogP contribution in [0.3, 0.4) is 0 Å². The number of carbonyl (C=O) groups is 2. The number of carboxylic acids is 1. The summed E-state index contributed by atoms with van der Waals surface area (Å²) in [6.07, 6.45) is 2.77. The van der Waals surface area contributed by atoms with Gasteiger partial charge in [-0.25, -0.2) is 4.79 Å². The Bertz CT molecular complexity index is 928. The third-order valence-corrected chi connectivity index (χ3v) is 5.49. The van der Waals surface area contributed by atoms with Crippen molar-refractivity contribution in [1.29, 1.82) is 0 Å². The minimum absolute atomic E-state index is 0.0415. The number of rotatable bonds is 9. The molecule has 5 nitrogen and oxygen atoms in total. The maximum Gasteiger partial charge on any atom is 0.335 e. The average molecular weight is 429 g/mol. The lowest BCUT2D eigenvalue weighted by molar-refractivity contribution is -0.128. The largest absolute Gasteiger partial charge is 0.478 e. The van der Waals surface area contributed by atoms with Crippen molar-refractivity contribution in [2.24, 2.45) is 0 Å². The molecular formula is C24H25F2NO4. The maximum absolute atomic E-state index is 14.4. The summed E-state index contributed by atoms with van der Waals surface area (Å²) >= 11 is 0. The molecule has 164 valence electrons. The Balaban J connectivity index is 1.57. The molecule has 0 radical (unpaired) electrons. The van der Waals surface area contributed by atoms with E-state index in [1.54, 1.807) is 35.2 Å². The van der Waals surface area contributed by atoms with Gasteiger partial charge in [0.1, 0.15) is 6.10 Å². The van der Waals surface area contributed by atoms with E-state index in [1.165, 1.54) is 30.3 Å². The first-order valence-corrected chi connectivity index (χ1v) is 10.2. The molecule has 1 aliphatic heterocycles. The summed E-state index contributed by atoms with van der Waals surface area (Å²) < 4.78 is 28.9. The van der Waals surface area contributed by atoms with Gasteiger partial charge in [-0.3, -0.25) is 4.79 Å². The highest BCUT2D eigenvalue weighted by Gasteiger charge is 2.39. The number of benzene rings is 2. The number of likely N-dealkylation sites (tertiary alicyclic amines) is 1. The van der Waals surface area contributed by atoms with Gasteiger partial charge in [0.05, 0.1) is 11.6 Å². The van der Waals surface area contributed by atoms with Gasteiger partial charge in [-0.05, 0) is 37.0 Å². The molecule has 2 atom stereocenters. The van der Waals surface area contributed by atoms with Crippen LogP contribution >= 0.6 is 0 Å². The predicted molar refractivity (Wildman–Crippen MR) is 112 cm³/mol. The Morgan fingerprint density at radius 1 is 1.16 bits per heavy atom. The van der Waals surface area contributed by atoms with E-state index in [2.05, 4.69) is 0 Å². The van der Waals surface area contributed by atoms with Crippen LogP contribution in [0.4, 0.5) is 8.78 Å². The van der Waals surface area contributed by atoms with Crippen LogP contribution in [0.2, 0.25) is 0 Å². The van der Waals surface area contributed by atoms with E-state index in [0.29, 0.717) is 32.2 Å². The number of nitrogens with zero attached hydrogens (tertiary/aromatic N) is 1. The van der Waals surface area contributed by atoms with Crippen LogP contribution in [0.25, 0.3) is 0 Å². The number of alkyl halides is 2. The molecule has 1 fully saturated rings. The lowest BCUT2D eigenvalue weighted by Gasteiger charge is -2.24. The van der Waals surface area contributed by atoms with Gasteiger partial charge in [-0.15, -0.1) is 0 Å². The quantitative estimate of drug-likeness (QED) is 0.591. The topological polar surface area (TPSA) is 77.8 Å². The fourth-order valence-electron chi connectivity index (χ4n) is 3.70. The molecule has 2 aromatic rings. The van der Waals surface area contributed by atoms with Crippen molar-refractivity contribution in [2.75, 3.05) is 6.54 Å². The average Bonchev–Trinajstić information content (AvgIpc) is 3.12. The maximum atomic E-state index is 14.4. The summed E-state index contributed by atoms with van der Waals surface area (Å²) in [6.45, 7) is 0.458. The molecule has 0 saturated carbocycles. The number of hydrogen-bond donors (Lipinski definition) is 2. The zero-order valence-electron chi connectivity index (χ0n) is 17.0. The van der Waals surface area contributed by atoms with Crippen LogP contribution < -0.4 is 0 Å². The van der Waals surface area contributed by atoms with Crippen LogP contribution in [-0.4, -0.2) is 45.7 Å². The lowest BCUT2D eigenvalue weighted by Crippen LogP contribution is -2.34. The molecule has 2 aromatic carbocycles. The number of aromatic carboxylic acids is 1. The standard InChI is InChI=1S/C24H25F2NO4/c25-24(26,19-6-2-1-3-7-19)21(28)14-12-20-13-15-22(29)27(20)16-4-5-17-8-10-18(11-9-17)23(30)31/h1-3,6-12,14,20-21,28H,4-5,13,15-16H2,(H,30,31)/b14-12+/t20-,21?/m0/s1. The Morgan fingerprint density at radius 2 is 1.84 bits per heavy atom. The first kappa shape index (κ1) is 22.6. The lowest BCUT2D eigenvalue weighted by atomic mass is 10.0. The Hall–Kier alpha value is -3.06. The molecule has 0 aromatic heterocycles. The zero-order valence-corrected chi connectivity index (χ0v) is 17.0. The number of carboxylic acid groups (broad SMARTS) is 1. The first-order chi connectivity index (χ1) is 14.8. The van der Waals surface area contributed by atoms with Gasteiger partial charge in [0, 0.05) is 18.5 Å². The minimum atomic E-state index is -3.42. The molecule has 1 amide bonds. The molecule has 31 heavy (non-hydrogen) atoms. The molecule has 1 unspecified atom stereocenters. The molecule has 2 N–H and O–H groups in total. The fourth-order valence-corrected chi connectivity index (χ4v) is 3.70. The molecular weight excluding hydrogens is 404 g/mol. The predicted octanol–water partition coefficient (Wildman–Crippen LogP) is 4.02. The summed E-state index contributed by atoms with van der Waals surface area (Å²) in [5.74, 6) is -4.45. The van der Waals surface area contributed by atoms with Crippen LogP contribution in [-0.2, 0) is 17.1 Å². The molecule has 3 rings (SSSR count). The highest BCUT2D eigenvalue weighted by molar-refractivity contribution is 5.87. The first-order valence-electron chi connectivity index (χ1n) is 10.2. The summed E-state index contributed by atoms with van der Waals surface area (Å²) in [5, 5.41) is 19.0. The van der Waals surface area contributed by atoms with Gasteiger partial charge in [0.2, 0.25) is 5.91 Å². The smallest absolute Gasteiger partial charge is 0.335 e. The Morgan fingerprint density at radius 3 is 2.48 bits per heavy atom. The van der Waals surface area contributed by atoms with E-state index >= 15 is 0 Å². The molecule has 1 aliphatic rings. The van der Waals surface area contributed by atoms with Crippen molar-refractivity contribution in [2.45, 2.75) is 43.8 Å². The summed E-state index contributed by atoms with van der Waals surface area (Å²) in [6, 6.07) is 13.4. The van der Waals surface area contributed by atoms with Gasteiger partial charge < -0.3 is 15.1 Å². The minimum Gasteiger partial charge on any atom is -0.478 e. The molecule has 1 heterocycles. The monoisotopic (exact) mass is 429 g/mol. The third kappa shape index (κ3) is 5.55. The third-order valence-electron chi connectivity index (χ3n) is 5.49. The second kappa shape index (κ2) is 9.83. The van der Waals surface area contributed by atoms with Crippen molar-refractivity contribution in [3.63, 3.8) is 0 Å². The van der Waals surface area contributed by atoms with Gasteiger partial charge in [-0.2, -0.15) is 8.78 Å². The molecule has 1 saturated heterocycles. The highest BCUT2D eigenvalue weighted by Crippen LogP contribution is 2.32. The van der Waals surface area contributed by atoms with Crippen LogP contribution in [0.5, 0.6) is 0 Å². The summed E-state index contributed by atoms with van der Waals surface area (Å²) in [7, 11) is 0. The number of amides is 1. The molecule has 0 aliphatic carbocycles. The normalized spacial score (nSPS) is 18.0. The van der Waals surface area contributed by atoms with Crippen molar-refractivity contribution in [1.82, 2.24) is 4.90 Å². The second-order valence-electron chi connectivity index (χ2n) is 7.62. The fraction of sp³-hybridized carbons (Fsp3) is 0.333. The van der Waals surface area contributed by atoms with E-state index in [9.17, 15) is 23.5 Å². The number of aryl methyl sites for hydroxylation is 1.